The number of nitrogens with zero attached hydrogens (tertiary/aromatic N) is 5. The number of aromatic amines is 1. The molecule has 1 atom stereocenters. The van der Waals surface area contributed by atoms with Crippen LogP contribution in [-0.2, 0) is 11.3 Å². The normalized spacial score (nSPS) is 22.8. The molecule has 1 N–H and O–H groups in total. The van der Waals surface area contributed by atoms with Gasteiger partial charge in [0.15, 0.2) is 11.6 Å². The second-order valence-electron chi connectivity index (χ2n) is 6.64. The Kier molecular flexibility index (Phi) is 3.86. The minimum Gasteiger partial charge on any atom is -0.424 e. The van der Waals surface area contributed by atoms with Crippen molar-refractivity contribution in [2.24, 2.45) is 0 Å². The summed E-state index contributed by atoms with van der Waals surface area (Å²) in [5.41, 5.74) is 0. The highest BCUT2D eigenvalue weighted by atomic mass is 16.5. The van der Waals surface area contributed by atoms with E-state index < -0.39 is 0 Å². The van der Waals surface area contributed by atoms with E-state index in [2.05, 4.69) is 44.1 Å². The summed E-state index contributed by atoms with van der Waals surface area (Å²) in [6.07, 6.45) is 2.25. The van der Waals surface area contributed by atoms with Crippen LogP contribution in [0.3, 0.4) is 0 Å². The van der Waals surface area contributed by atoms with Gasteiger partial charge in [0, 0.05) is 24.9 Å². The predicted molar refractivity (Wildman–Crippen MR) is 80.7 cm³/mol. The molecule has 1 saturated carbocycles. The van der Waals surface area contributed by atoms with Crippen molar-refractivity contribution in [1.29, 1.82) is 0 Å². The van der Waals surface area contributed by atoms with Crippen molar-refractivity contribution >= 4 is 0 Å². The summed E-state index contributed by atoms with van der Waals surface area (Å²) in [5, 5.41) is 15.6. The van der Waals surface area contributed by atoms with Crippen molar-refractivity contribution in [3.63, 3.8) is 0 Å². The monoisotopic (exact) mass is 318 g/mol. The molecule has 8 heteroatoms. The summed E-state index contributed by atoms with van der Waals surface area (Å²) < 4.78 is 11.6. The molecular weight excluding hydrogens is 296 g/mol. The summed E-state index contributed by atoms with van der Waals surface area (Å²) in [7, 11) is 0. The number of hydrogen-bond acceptors (Lipinski definition) is 7. The van der Waals surface area contributed by atoms with Gasteiger partial charge in [0.25, 0.3) is 0 Å². The second kappa shape index (κ2) is 6.01. The van der Waals surface area contributed by atoms with Gasteiger partial charge >= 0.3 is 0 Å². The van der Waals surface area contributed by atoms with E-state index in [0.29, 0.717) is 30.9 Å². The fourth-order valence-corrected chi connectivity index (χ4v) is 2.72. The average Bonchev–Trinajstić information content (AvgIpc) is 3.09. The molecule has 124 valence electrons. The Morgan fingerprint density at radius 3 is 2.91 bits per heavy atom. The minimum absolute atomic E-state index is 0.0884. The lowest BCUT2D eigenvalue weighted by Crippen LogP contribution is -2.38. The van der Waals surface area contributed by atoms with E-state index in [-0.39, 0.29) is 6.10 Å². The van der Waals surface area contributed by atoms with E-state index in [1.807, 2.05) is 0 Å². The number of ether oxygens (including phenoxy) is 1. The summed E-state index contributed by atoms with van der Waals surface area (Å²) in [5.74, 6) is 3.90. The summed E-state index contributed by atoms with van der Waals surface area (Å²) in [6.45, 7) is 7.06. The average molecular weight is 318 g/mol. The molecule has 0 bridgehead atoms. The van der Waals surface area contributed by atoms with Gasteiger partial charge in [0.2, 0.25) is 11.8 Å². The molecule has 2 aromatic heterocycles. The van der Waals surface area contributed by atoms with Crippen LogP contribution in [0.4, 0.5) is 0 Å². The Bertz CT molecular complexity index is 662. The van der Waals surface area contributed by atoms with Crippen LogP contribution in [0.15, 0.2) is 4.42 Å². The van der Waals surface area contributed by atoms with Gasteiger partial charge in [-0.05, 0) is 12.8 Å². The Morgan fingerprint density at radius 1 is 1.30 bits per heavy atom. The first-order valence-electron chi connectivity index (χ1n) is 8.27. The lowest BCUT2D eigenvalue weighted by molar-refractivity contribution is -0.0393. The zero-order valence-electron chi connectivity index (χ0n) is 13.5. The van der Waals surface area contributed by atoms with Gasteiger partial charge in [-0.3, -0.25) is 10.00 Å². The van der Waals surface area contributed by atoms with Gasteiger partial charge in [-0.2, -0.15) is 5.10 Å². The molecule has 1 saturated heterocycles. The van der Waals surface area contributed by atoms with Crippen molar-refractivity contribution in [3.8, 4) is 0 Å². The molecule has 0 amide bonds. The molecule has 0 unspecified atom stereocenters. The summed E-state index contributed by atoms with van der Waals surface area (Å²) >= 11 is 0. The molecule has 0 aromatic carbocycles. The van der Waals surface area contributed by atoms with Crippen LogP contribution in [0.1, 0.15) is 68.1 Å². The second-order valence-corrected chi connectivity index (χ2v) is 6.64. The minimum atomic E-state index is -0.0884. The quantitative estimate of drug-likeness (QED) is 0.897. The molecule has 2 fully saturated rings. The van der Waals surface area contributed by atoms with E-state index in [1.54, 1.807) is 0 Å². The first-order valence-corrected chi connectivity index (χ1v) is 8.27. The molecule has 8 nitrogen and oxygen atoms in total. The molecule has 2 aliphatic rings. The number of H-pyrrole nitrogens is 1. The third-order valence-electron chi connectivity index (χ3n) is 4.26. The molecular formula is C15H22N6O2. The Labute approximate surface area is 134 Å². The highest BCUT2D eigenvalue weighted by Gasteiger charge is 2.30. The summed E-state index contributed by atoms with van der Waals surface area (Å²) in [6, 6.07) is 0. The maximum Gasteiger partial charge on any atom is 0.230 e. The van der Waals surface area contributed by atoms with Crippen molar-refractivity contribution < 1.29 is 9.15 Å². The fraction of sp³-hybridized carbons (Fsp3) is 0.733. The molecule has 3 heterocycles. The Hall–Kier alpha value is -1.80. The SMILES string of the molecule is CC(C)c1n[nH]c([C@H]2CN(Cc3nnc(C4CC4)o3)CCO2)n1. The van der Waals surface area contributed by atoms with Crippen molar-refractivity contribution in [2.45, 2.75) is 51.2 Å². The molecule has 1 aliphatic carbocycles. The molecule has 4 rings (SSSR count). The van der Waals surface area contributed by atoms with Crippen LogP contribution in [0.5, 0.6) is 0 Å². The largest absolute Gasteiger partial charge is 0.424 e. The van der Waals surface area contributed by atoms with E-state index in [0.717, 1.165) is 30.6 Å². The highest BCUT2D eigenvalue weighted by molar-refractivity contribution is 5.01. The van der Waals surface area contributed by atoms with E-state index in [9.17, 15) is 0 Å². The van der Waals surface area contributed by atoms with Gasteiger partial charge in [-0.1, -0.05) is 13.8 Å². The van der Waals surface area contributed by atoms with Crippen molar-refractivity contribution in [3.05, 3.63) is 23.4 Å². The van der Waals surface area contributed by atoms with Crippen LogP contribution in [0.2, 0.25) is 0 Å². The van der Waals surface area contributed by atoms with E-state index in [1.165, 1.54) is 12.8 Å². The van der Waals surface area contributed by atoms with Gasteiger partial charge in [-0.15, -0.1) is 10.2 Å². The predicted octanol–water partition coefficient (Wildman–Crippen LogP) is 1.76. The smallest absolute Gasteiger partial charge is 0.230 e. The Morgan fingerprint density at radius 2 is 2.17 bits per heavy atom. The molecule has 1 aliphatic heterocycles. The lowest BCUT2D eigenvalue weighted by atomic mass is 10.2. The third kappa shape index (κ3) is 3.28. The number of hydrogen-bond donors (Lipinski definition) is 1. The lowest BCUT2D eigenvalue weighted by Gasteiger charge is -2.30. The summed E-state index contributed by atoms with van der Waals surface area (Å²) in [4.78, 5) is 6.80. The van der Waals surface area contributed by atoms with Crippen molar-refractivity contribution in [2.75, 3.05) is 19.7 Å². The number of aromatic nitrogens is 5. The molecule has 0 spiro atoms. The zero-order chi connectivity index (χ0) is 15.8. The maximum absolute atomic E-state index is 5.84. The number of morpholine rings is 1. The van der Waals surface area contributed by atoms with Gasteiger partial charge in [0.1, 0.15) is 6.10 Å². The fourth-order valence-electron chi connectivity index (χ4n) is 2.72. The van der Waals surface area contributed by atoms with E-state index in [4.69, 9.17) is 9.15 Å². The first-order chi connectivity index (χ1) is 11.2. The van der Waals surface area contributed by atoms with Crippen LogP contribution < -0.4 is 0 Å². The van der Waals surface area contributed by atoms with Crippen LogP contribution in [-0.4, -0.2) is 50.0 Å². The third-order valence-corrected chi connectivity index (χ3v) is 4.26. The van der Waals surface area contributed by atoms with E-state index >= 15 is 0 Å². The molecule has 2 aromatic rings. The number of rotatable bonds is 5. The molecule has 23 heavy (non-hydrogen) atoms. The highest BCUT2D eigenvalue weighted by Crippen LogP contribution is 2.39. The zero-order valence-corrected chi connectivity index (χ0v) is 13.5. The van der Waals surface area contributed by atoms with Gasteiger partial charge < -0.3 is 9.15 Å². The first kappa shape index (κ1) is 14.8. The molecule has 0 radical (unpaired) electrons. The Balaban J connectivity index is 1.39. The number of nitrogens with one attached hydrogen (secondary N) is 1. The van der Waals surface area contributed by atoms with Gasteiger partial charge in [0.05, 0.1) is 13.2 Å². The topological polar surface area (TPSA) is 93.0 Å². The van der Waals surface area contributed by atoms with Gasteiger partial charge in [-0.25, -0.2) is 4.98 Å². The standard InChI is InChI=1S/C15H22N6O2/c1-9(2)13-16-14(19-18-13)11-7-21(5-6-22-11)8-12-17-20-15(23-12)10-3-4-10/h9-11H,3-8H2,1-2H3,(H,16,18,19)/t11-/m1/s1. The van der Waals surface area contributed by atoms with Crippen LogP contribution in [0, 0.1) is 0 Å². The van der Waals surface area contributed by atoms with Crippen molar-refractivity contribution in [1.82, 2.24) is 30.3 Å². The maximum atomic E-state index is 5.84. The van der Waals surface area contributed by atoms with Crippen LogP contribution >= 0.6 is 0 Å². The van der Waals surface area contributed by atoms with Crippen LogP contribution in [0.25, 0.3) is 0 Å².